The van der Waals surface area contributed by atoms with Crippen LogP contribution in [0, 0.1) is 5.92 Å². The van der Waals surface area contributed by atoms with Gasteiger partial charge in [0.15, 0.2) is 0 Å². The molecule has 2 N–H and O–H groups in total. The maximum absolute atomic E-state index is 12.1. The monoisotopic (exact) mass is 443 g/mol. The van der Waals surface area contributed by atoms with E-state index < -0.39 is 11.6 Å². The number of carbonyl (C=O) groups excluding carboxylic acids is 2. The molecule has 1 aromatic heterocycles. The standard InChI is InChI=1S/C27H29N3O3/c1-27(25(31)29-26(32)30-27)22-9-4-18(5-10-22)2-3-19-6-11-23(12-7-19)33-24-13-8-21-17-28-15-14-20(21)16-24/h4-5,8-10,13-17,19,23H,2-3,6-7,11-12H2,1H3,(H2,29,30,31,32). The molecule has 0 radical (unpaired) electrons. The molecule has 5 rings (SSSR count). The molecule has 1 unspecified atom stereocenters. The average molecular weight is 444 g/mol. The van der Waals surface area contributed by atoms with Crippen molar-refractivity contribution < 1.29 is 14.3 Å². The van der Waals surface area contributed by atoms with E-state index in [0.717, 1.165) is 47.8 Å². The highest BCUT2D eigenvalue weighted by Crippen LogP contribution is 2.32. The van der Waals surface area contributed by atoms with Crippen molar-refractivity contribution in [1.29, 1.82) is 0 Å². The Balaban J connectivity index is 1.10. The molecule has 1 aliphatic heterocycles. The second-order valence-corrected chi connectivity index (χ2v) is 9.41. The highest BCUT2D eigenvalue weighted by atomic mass is 16.5. The van der Waals surface area contributed by atoms with E-state index in [4.69, 9.17) is 4.74 Å². The van der Waals surface area contributed by atoms with E-state index in [-0.39, 0.29) is 12.0 Å². The van der Waals surface area contributed by atoms with E-state index in [0.29, 0.717) is 5.92 Å². The topological polar surface area (TPSA) is 80.3 Å². The van der Waals surface area contributed by atoms with E-state index >= 15 is 0 Å². The minimum atomic E-state index is -0.990. The predicted octanol–water partition coefficient (Wildman–Crippen LogP) is 4.86. The van der Waals surface area contributed by atoms with Gasteiger partial charge in [-0.25, -0.2) is 4.79 Å². The number of amides is 3. The number of hydrogen-bond donors (Lipinski definition) is 2. The molecule has 2 aromatic carbocycles. The van der Waals surface area contributed by atoms with E-state index in [1.165, 1.54) is 18.4 Å². The second-order valence-electron chi connectivity index (χ2n) is 9.41. The summed E-state index contributed by atoms with van der Waals surface area (Å²) in [5.41, 5.74) is 1.07. The van der Waals surface area contributed by atoms with Crippen molar-refractivity contribution in [3.05, 3.63) is 72.1 Å². The molecule has 0 spiro atoms. The van der Waals surface area contributed by atoms with Crippen LogP contribution in [-0.4, -0.2) is 23.0 Å². The Bertz CT molecular complexity index is 1170. The Labute approximate surface area is 193 Å². The molecule has 2 aliphatic rings. The number of aryl methyl sites for hydroxylation is 1. The van der Waals surface area contributed by atoms with Gasteiger partial charge in [-0.15, -0.1) is 0 Å². The van der Waals surface area contributed by atoms with Gasteiger partial charge in [0.05, 0.1) is 6.10 Å². The quantitative estimate of drug-likeness (QED) is 0.533. The number of benzene rings is 2. The van der Waals surface area contributed by atoms with Crippen molar-refractivity contribution >= 4 is 22.7 Å². The van der Waals surface area contributed by atoms with Crippen LogP contribution in [-0.2, 0) is 16.8 Å². The van der Waals surface area contributed by atoms with Gasteiger partial charge in [-0.05, 0) is 92.1 Å². The highest BCUT2D eigenvalue weighted by molar-refractivity contribution is 6.07. The summed E-state index contributed by atoms with van der Waals surface area (Å²) in [5, 5.41) is 7.32. The molecule has 6 heteroatoms. The van der Waals surface area contributed by atoms with Crippen LogP contribution in [0.4, 0.5) is 4.79 Å². The smallest absolute Gasteiger partial charge is 0.322 e. The first-order chi connectivity index (χ1) is 16.0. The number of urea groups is 1. The molecule has 0 bridgehead atoms. The average Bonchev–Trinajstić information content (AvgIpc) is 3.10. The third-order valence-electron chi connectivity index (χ3n) is 7.13. The first kappa shape index (κ1) is 21.4. The largest absolute Gasteiger partial charge is 0.490 e. The lowest BCUT2D eigenvalue weighted by Crippen LogP contribution is -2.40. The van der Waals surface area contributed by atoms with Gasteiger partial charge in [0.25, 0.3) is 5.91 Å². The van der Waals surface area contributed by atoms with Gasteiger partial charge >= 0.3 is 6.03 Å². The van der Waals surface area contributed by atoms with Crippen LogP contribution in [0.5, 0.6) is 5.75 Å². The summed E-state index contributed by atoms with van der Waals surface area (Å²) in [5.74, 6) is 1.35. The van der Waals surface area contributed by atoms with Crippen molar-refractivity contribution in [2.24, 2.45) is 5.92 Å². The van der Waals surface area contributed by atoms with Gasteiger partial charge < -0.3 is 10.1 Å². The zero-order valence-corrected chi connectivity index (χ0v) is 18.8. The third kappa shape index (κ3) is 4.56. The molecule has 3 amide bonds. The fourth-order valence-corrected chi connectivity index (χ4v) is 4.99. The highest BCUT2D eigenvalue weighted by Gasteiger charge is 2.43. The summed E-state index contributed by atoms with van der Waals surface area (Å²) in [6.45, 7) is 1.73. The zero-order valence-electron chi connectivity index (χ0n) is 18.8. The fraction of sp³-hybridized carbons (Fsp3) is 0.370. The van der Waals surface area contributed by atoms with Crippen LogP contribution in [0.25, 0.3) is 10.8 Å². The molecule has 3 aromatic rings. The summed E-state index contributed by atoms with van der Waals surface area (Å²) >= 11 is 0. The van der Waals surface area contributed by atoms with E-state index in [2.05, 4.69) is 39.9 Å². The summed E-state index contributed by atoms with van der Waals surface area (Å²) in [7, 11) is 0. The summed E-state index contributed by atoms with van der Waals surface area (Å²) in [4.78, 5) is 27.8. The number of ether oxygens (including phenoxy) is 1. The maximum Gasteiger partial charge on any atom is 0.322 e. The number of nitrogens with one attached hydrogen (secondary N) is 2. The van der Waals surface area contributed by atoms with Gasteiger partial charge in [-0.3, -0.25) is 15.1 Å². The van der Waals surface area contributed by atoms with Crippen molar-refractivity contribution in [2.75, 3.05) is 0 Å². The maximum atomic E-state index is 12.1. The van der Waals surface area contributed by atoms with Crippen LogP contribution in [0.3, 0.4) is 0 Å². The Morgan fingerprint density at radius 2 is 1.79 bits per heavy atom. The second kappa shape index (κ2) is 8.85. The minimum Gasteiger partial charge on any atom is -0.490 e. The van der Waals surface area contributed by atoms with Crippen molar-refractivity contribution in [3.63, 3.8) is 0 Å². The zero-order chi connectivity index (χ0) is 22.8. The fourth-order valence-electron chi connectivity index (χ4n) is 4.99. The lowest BCUT2D eigenvalue weighted by Gasteiger charge is -2.29. The number of nitrogens with zero attached hydrogens (tertiary/aromatic N) is 1. The molecule has 1 atom stereocenters. The van der Waals surface area contributed by atoms with Crippen LogP contribution < -0.4 is 15.4 Å². The molecule has 2 heterocycles. The first-order valence-corrected chi connectivity index (χ1v) is 11.7. The Kier molecular flexibility index (Phi) is 5.75. The van der Waals surface area contributed by atoms with Gasteiger partial charge in [-0.1, -0.05) is 24.3 Å². The van der Waals surface area contributed by atoms with E-state index in [1.54, 1.807) is 6.92 Å². The molecule has 6 nitrogen and oxygen atoms in total. The number of hydrogen-bond acceptors (Lipinski definition) is 4. The van der Waals surface area contributed by atoms with Crippen molar-refractivity contribution in [2.45, 2.75) is 57.1 Å². The van der Waals surface area contributed by atoms with Gasteiger partial charge in [0.2, 0.25) is 0 Å². The van der Waals surface area contributed by atoms with Gasteiger partial charge in [0.1, 0.15) is 11.3 Å². The summed E-state index contributed by atoms with van der Waals surface area (Å²) in [6, 6.07) is 15.8. The van der Waals surface area contributed by atoms with Crippen LogP contribution in [0.1, 0.15) is 50.2 Å². The summed E-state index contributed by atoms with van der Waals surface area (Å²) < 4.78 is 6.28. The number of rotatable bonds is 6. The lowest BCUT2D eigenvalue weighted by molar-refractivity contribution is -0.123. The van der Waals surface area contributed by atoms with Crippen LogP contribution in [0.15, 0.2) is 60.9 Å². The summed E-state index contributed by atoms with van der Waals surface area (Å²) in [6.07, 6.45) is 10.7. The molecular formula is C27H29N3O3. The molecule has 1 saturated heterocycles. The Morgan fingerprint density at radius 3 is 2.52 bits per heavy atom. The van der Waals surface area contributed by atoms with E-state index in [9.17, 15) is 9.59 Å². The number of fused-ring (bicyclic) bond motifs is 1. The Morgan fingerprint density at radius 1 is 1.00 bits per heavy atom. The molecule has 1 saturated carbocycles. The number of aromatic nitrogens is 1. The van der Waals surface area contributed by atoms with Gasteiger partial charge in [-0.2, -0.15) is 0 Å². The normalized spacial score (nSPS) is 25.0. The molecule has 2 fully saturated rings. The van der Waals surface area contributed by atoms with Crippen LogP contribution in [0.2, 0.25) is 0 Å². The van der Waals surface area contributed by atoms with Crippen LogP contribution >= 0.6 is 0 Å². The van der Waals surface area contributed by atoms with Gasteiger partial charge in [0, 0.05) is 17.8 Å². The minimum absolute atomic E-state index is 0.285. The first-order valence-electron chi connectivity index (χ1n) is 11.7. The molecule has 1 aliphatic carbocycles. The Hall–Kier alpha value is -3.41. The lowest BCUT2D eigenvalue weighted by atomic mass is 9.83. The molecule has 33 heavy (non-hydrogen) atoms. The van der Waals surface area contributed by atoms with Crippen molar-refractivity contribution in [3.8, 4) is 5.75 Å². The SMILES string of the molecule is CC1(c2ccc(CCC3CCC(Oc4ccc5cnccc5c4)CC3)cc2)NC(=O)NC1=O. The number of imide groups is 1. The van der Waals surface area contributed by atoms with E-state index in [1.807, 2.05) is 36.7 Å². The van der Waals surface area contributed by atoms with Crippen molar-refractivity contribution in [1.82, 2.24) is 15.6 Å². The number of carbonyl (C=O) groups is 2. The molecular weight excluding hydrogens is 414 g/mol. The molecule has 170 valence electrons. The number of pyridine rings is 1. The predicted molar refractivity (Wildman–Crippen MR) is 127 cm³/mol. The third-order valence-corrected chi connectivity index (χ3v) is 7.13.